The molecule has 9 nitrogen and oxygen atoms in total. The molecule has 2 aromatic heterocycles. The number of hydrogen-bond donors (Lipinski definition) is 3. The van der Waals surface area contributed by atoms with Crippen LogP contribution in [0.1, 0.15) is 30.0 Å². The first-order valence-electron chi connectivity index (χ1n) is 12.4. The second kappa shape index (κ2) is 12.5. The second-order valence-corrected chi connectivity index (χ2v) is 9.74. The van der Waals surface area contributed by atoms with E-state index in [2.05, 4.69) is 30.3 Å². The van der Waals surface area contributed by atoms with Crippen LogP contribution in [0.25, 0.3) is 11.3 Å². The largest absolute Gasteiger partial charge is 0.760 e. The van der Waals surface area contributed by atoms with Gasteiger partial charge in [0.05, 0.1) is 17.3 Å². The zero-order valence-corrected chi connectivity index (χ0v) is 21.8. The molecule has 1 aliphatic rings. The van der Waals surface area contributed by atoms with Gasteiger partial charge in [-0.05, 0) is 61.3 Å². The van der Waals surface area contributed by atoms with Gasteiger partial charge in [-0.3, -0.25) is 4.21 Å². The van der Waals surface area contributed by atoms with Crippen LogP contribution in [0.2, 0.25) is 0 Å². The highest BCUT2D eigenvalue weighted by Crippen LogP contribution is 2.35. The second-order valence-electron chi connectivity index (χ2n) is 9.03. The Morgan fingerprint density at radius 1 is 1.05 bits per heavy atom. The van der Waals surface area contributed by atoms with Crippen molar-refractivity contribution in [1.82, 2.24) is 25.0 Å². The molecule has 0 aliphatic carbocycles. The van der Waals surface area contributed by atoms with Crippen molar-refractivity contribution in [3.63, 3.8) is 0 Å². The minimum absolute atomic E-state index is 0.0296. The third kappa shape index (κ3) is 6.45. The van der Waals surface area contributed by atoms with E-state index in [-0.39, 0.29) is 23.0 Å². The molecule has 13 heteroatoms. The molecule has 0 spiro atoms. The molecule has 2 aromatic carbocycles. The number of nitrogens with one attached hydrogen (secondary N) is 3. The molecule has 3 N–H and O–H groups in total. The molecular formula is C27H24F3N6O3S-. The summed E-state index contributed by atoms with van der Waals surface area (Å²) in [5.41, 5.74) is 0.597. The maximum Gasteiger partial charge on any atom is 0.228 e. The molecule has 5 rings (SSSR count). The summed E-state index contributed by atoms with van der Waals surface area (Å²) in [6.45, 7) is 1.75. The van der Waals surface area contributed by atoms with Gasteiger partial charge in [0.2, 0.25) is 17.6 Å². The summed E-state index contributed by atoms with van der Waals surface area (Å²) in [6.07, 6.45) is 5.02. The fraction of sp³-hybridized carbons (Fsp3) is 0.222. The maximum atomic E-state index is 15.3. The van der Waals surface area contributed by atoms with Gasteiger partial charge in [-0.25, -0.2) is 28.5 Å². The van der Waals surface area contributed by atoms with Crippen molar-refractivity contribution in [3.05, 3.63) is 95.6 Å². The van der Waals surface area contributed by atoms with Crippen molar-refractivity contribution < 1.29 is 26.7 Å². The van der Waals surface area contributed by atoms with E-state index in [4.69, 9.17) is 4.74 Å². The number of halogens is 3. The van der Waals surface area contributed by atoms with Gasteiger partial charge in [0.1, 0.15) is 5.82 Å². The quantitative estimate of drug-likeness (QED) is 0.254. The van der Waals surface area contributed by atoms with Crippen LogP contribution in [-0.4, -0.2) is 42.8 Å². The van der Waals surface area contributed by atoms with Crippen molar-refractivity contribution in [2.24, 2.45) is 0 Å². The standard InChI is InChI=1S/C27H25F3N6O3S/c28-17-5-1-4-16(14-17)25(36-40(37)38)20-8-9-22(24(30)23(20)29)39-26-19(7-3-12-32-26)21-10-13-33-27(35-21)34-18-6-2-11-31-15-18/h1,3-5,7-10,12-14,18,25,31,36H,2,6,11,15H2,(H,37,38)(H,33,34,35)/p-1/t18-,25-/m0/s1. The summed E-state index contributed by atoms with van der Waals surface area (Å²) in [5.74, 6) is -3.50. The Kier molecular flexibility index (Phi) is 8.65. The predicted octanol–water partition coefficient (Wildman–Crippen LogP) is 4.39. The van der Waals surface area contributed by atoms with Gasteiger partial charge in [-0.15, -0.1) is 0 Å². The third-order valence-corrected chi connectivity index (χ3v) is 6.75. The van der Waals surface area contributed by atoms with Crippen molar-refractivity contribution in [3.8, 4) is 22.9 Å². The van der Waals surface area contributed by atoms with Crippen LogP contribution in [0.3, 0.4) is 0 Å². The molecule has 4 aromatic rings. The molecule has 1 saturated heterocycles. The first-order chi connectivity index (χ1) is 19.4. The predicted molar refractivity (Wildman–Crippen MR) is 142 cm³/mol. The fourth-order valence-electron chi connectivity index (χ4n) is 4.45. The molecule has 1 fully saturated rings. The van der Waals surface area contributed by atoms with Crippen molar-refractivity contribution in [1.29, 1.82) is 0 Å². The van der Waals surface area contributed by atoms with E-state index < -0.39 is 40.5 Å². The molecular weight excluding hydrogens is 545 g/mol. The lowest BCUT2D eigenvalue weighted by Crippen LogP contribution is -2.38. The molecule has 208 valence electrons. The topological polar surface area (TPSA) is 124 Å². The fourth-order valence-corrected chi connectivity index (χ4v) is 4.90. The van der Waals surface area contributed by atoms with Crippen LogP contribution in [0.5, 0.6) is 11.6 Å². The molecule has 1 aliphatic heterocycles. The van der Waals surface area contributed by atoms with Crippen molar-refractivity contribution >= 4 is 17.2 Å². The lowest BCUT2D eigenvalue weighted by molar-refractivity contribution is 0.401. The van der Waals surface area contributed by atoms with Crippen LogP contribution in [0.15, 0.2) is 67.0 Å². The summed E-state index contributed by atoms with van der Waals surface area (Å²) >= 11 is -2.86. The zero-order valence-electron chi connectivity index (χ0n) is 20.9. The third-order valence-electron chi connectivity index (χ3n) is 6.32. The van der Waals surface area contributed by atoms with Crippen LogP contribution in [0.4, 0.5) is 19.1 Å². The lowest BCUT2D eigenvalue weighted by Gasteiger charge is -2.23. The Morgan fingerprint density at radius 2 is 1.93 bits per heavy atom. The Bertz CT molecular complexity index is 1520. The van der Waals surface area contributed by atoms with E-state index in [0.717, 1.165) is 50.2 Å². The zero-order chi connectivity index (χ0) is 28.1. The normalized spacial score (nSPS) is 16.8. The summed E-state index contributed by atoms with van der Waals surface area (Å²) in [5, 5.41) is 6.61. The van der Waals surface area contributed by atoms with Crippen LogP contribution < -0.4 is 20.1 Å². The number of nitrogens with zero attached hydrogens (tertiary/aromatic N) is 3. The number of piperidine rings is 1. The highest BCUT2D eigenvalue weighted by atomic mass is 32.2. The van der Waals surface area contributed by atoms with Crippen LogP contribution in [-0.2, 0) is 11.3 Å². The molecule has 3 atom stereocenters. The number of pyridine rings is 1. The molecule has 0 saturated carbocycles. The minimum atomic E-state index is -2.86. The maximum absolute atomic E-state index is 15.3. The number of anilines is 1. The average molecular weight is 570 g/mol. The van der Waals surface area contributed by atoms with Gasteiger partial charge in [0.25, 0.3) is 0 Å². The summed E-state index contributed by atoms with van der Waals surface area (Å²) in [6, 6.07) is 11.0. The SMILES string of the molecule is O=S([O-])N[C@@H](c1cccc(F)c1)c1ccc(Oc2ncccc2-c2ccnc(N[C@H]3CCCNC3)n2)c(F)c1F. The molecule has 0 amide bonds. The van der Waals surface area contributed by atoms with Crippen LogP contribution in [0, 0.1) is 17.5 Å². The lowest BCUT2D eigenvalue weighted by atomic mass is 9.98. The number of hydrogen-bond acceptors (Lipinski definition) is 8. The van der Waals surface area contributed by atoms with Gasteiger partial charge in [-0.2, -0.15) is 4.39 Å². The molecule has 40 heavy (non-hydrogen) atoms. The summed E-state index contributed by atoms with van der Waals surface area (Å²) < 4.78 is 74.9. The van der Waals surface area contributed by atoms with Crippen LogP contribution >= 0.6 is 0 Å². The Hall–Kier alpha value is -3.91. The highest BCUT2D eigenvalue weighted by Gasteiger charge is 2.24. The molecule has 3 heterocycles. The number of benzene rings is 2. The van der Waals surface area contributed by atoms with Gasteiger partial charge in [-0.1, -0.05) is 18.2 Å². The summed E-state index contributed by atoms with van der Waals surface area (Å²) in [4.78, 5) is 13.0. The first-order valence-corrected chi connectivity index (χ1v) is 13.5. The smallest absolute Gasteiger partial charge is 0.228 e. The van der Waals surface area contributed by atoms with Gasteiger partial charge in [0.15, 0.2) is 11.6 Å². The molecule has 0 bridgehead atoms. The average Bonchev–Trinajstić information content (AvgIpc) is 2.95. The van der Waals surface area contributed by atoms with E-state index in [1.807, 2.05) is 0 Å². The van der Waals surface area contributed by atoms with Gasteiger partial charge in [0, 0.05) is 41.8 Å². The number of ether oxygens (including phenoxy) is 1. The monoisotopic (exact) mass is 569 g/mol. The van der Waals surface area contributed by atoms with E-state index >= 15 is 8.78 Å². The molecule has 1 unspecified atom stereocenters. The van der Waals surface area contributed by atoms with Gasteiger partial charge >= 0.3 is 0 Å². The van der Waals surface area contributed by atoms with E-state index in [1.54, 1.807) is 24.4 Å². The number of aromatic nitrogens is 3. The Labute approximate surface area is 230 Å². The summed E-state index contributed by atoms with van der Waals surface area (Å²) in [7, 11) is 0. The Balaban J connectivity index is 1.43. The molecule has 0 radical (unpaired) electrons. The van der Waals surface area contributed by atoms with Crippen molar-refractivity contribution in [2.45, 2.75) is 24.9 Å². The van der Waals surface area contributed by atoms with E-state index in [0.29, 0.717) is 17.2 Å². The van der Waals surface area contributed by atoms with E-state index in [9.17, 15) is 13.2 Å². The highest BCUT2D eigenvalue weighted by molar-refractivity contribution is 7.77. The minimum Gasteiger partial charge on any atom is -0.760 e. The van der Waals surface area contributed by atoms with Crippen molar-refractivity contribution in [2.75, 3.05) is 18.4 Å². The first kappa shape index (κ1) is 27.6. The van der Waals surface area contributed by atoms with E-state index in [1.165, 1.54) is 18.3 Å². The number of rotatable bonds is 9. The van der Waals surface area contributed by atoms with Gasteiger partial charge < -0.3 is 19.9 Å². The Morgan fingerprint density at radius 3 is 2.70 bits per heavy atom.